The van der Waals surface area contributed by atoms with Gasteiger partial charge in [0.1, 0.15) is 0 Å². The summed E-state index contributed by atoms with van der Waals surface area (Å²) in [7, 11) is 0. The second kappa shape index (κ2) is 6.18. The number of hydrogen-bond acceptors (Lipinski definition) is 3. The van der Waals surface area contributed by atoms with Crippen LogP contribution in [0.25, 0.3) is 0 Å². The van der Waals surface area contributed by atoms with Crippen LogP contribution in [-0.2, 0) is 9.59 Å². The molecule has 0 aromatic carbocycles. The summed E-state index contributed by atoms with van der Waals surface area (Å²) in [5.41, 5.74) is -0.378. The molecule has 0 aromatic heterocycles. The third kappa shape index (κ3) is 3.02. The van der Waals surface area contributed by atoms with Crippen LogP contribution in [0.4, 0.5) is 0 Å². The Morgan fingerprint density at radius 3 is 2.50 bits per heavy atom. The summed E-state index contributed by atoms with van der Waals surface area (Å²) in [6.07, 6.45) is 1.35. The van der Waals surface area contributed by atoms with Crippen LogP contribution in [0.5, 0.6) is 0 Å². The number of amides is 1. The predicted molar refractivity (Wildman–Crippen MR) is 69.2 cm³/mol. The maximum absolute atomic E-state index is 12.3. The van der Waals surface area contributed by atoms with Gasteiger partial charge in [-0.15, -0.1) is 0 Å². The molecule has 5 nitrogen and oxygen atoms in total. The average Bonchev–Trinajstić information content (AvgIpc) is 2.79. The van der Waals surface area contributed by atoms with Crippen LogP contribution in [0.3, 0.4) is 0 Å². The smallest absolute Gasteiger partial charge is 0.308 e. The molecule has 0 radical (unpaired) electrons. The quantitative estimate of drug-likeness (QED) is 0.658. The first-order chi connectivity index (χ1) is 8.44. The molecule has 1 heterocycles. The summed E-state index contributed by atoms with van der Waals surface area (Å²) in [6, 6.07) is 0. The fraction of sp³-hybridized carbons (Fsp3) is 0.846. The first-order valence-electron chi connectivity index (χ1n) is 6.66. The minimum Gasteiger partial charge on any atom is -0.481 e. The Labute approximate surface area is 108 Å². The number of aliphatic carboxylic acids is 1. The second-order valence-electron chi connectivity index (χ2n) is 5.39. The van der Waals surface area contributed by atoms with Gasteiger partial charge in [-0.05, 0) is 25.3 Å². The van der Waals surface area contributed by atoms with E-state index in [1.807, 2.05) is 20.8 Å². The van der Waals surface area contributed by atoms with E-state index < -0.39 is 11.9 Å². The average molecular weight is 256 g/mol. The van der Waals surface area contributed by atoms with E-state index in [0.717, 1.165) is 13.0 Å². The Kier molecular flexibility index (Phi) is 5.14. The first-order valence-corrected chi connectivity index (χ1v) is 6.66. The van der Waals surface area contributed by atoms with Gasteiger partial charge in [0.2, 0.25) is 5.91 Å². The molecule has 0 aliphatic carbocycles. The predicted octanol–water partition coefficient (Wildman–Crippen LogP) is 0.849. The van der Waals surface area contributed by atoms with Crippen LogP contribution in [0.15, 0.2) is 0 Å². The zero-order chi connectivity index (χ0) is 13.8. The van der Waals surface area contributed by atoms with Gasteiger partial charge in [-0.25, -0.2) is 0 Å². The van der Waals surface area contributed by atoms with E-state index in [0.29, 0.717) is 13.0 Å². The van der Waals surface area contributed by atoms with Crippen LogP contribution in [-0.4, -0.2) is 36.6 Å². The number of hydrogen-bond donors (Lipinski definition) is 3. The molecule has 0 bridgehead atoms. The largest absolute Gasteiger partial charge is 0.481 e. The Balaban J connectivity index is 2.61. The zero-order valence-corrected chi connectivity index (χ0v) is 11.5. The maximum Gasteiger partial charge on any atom is 0.308 e. The number of carboxylic acid groups (broad SMARTS) is 1. The molecule has 0 aromatic rings. The molecular weight excluding hydrogens is 232 g/mol. The van der Waals surface area contributed by atoms with Crippen molar-refractivity contribution in [3.8, 4) is 0 Å². The Bertz CT molecular complexity index is 309. The van der Waals surface area contributed by atoms with Gasteiger partial charge in [-0.1, -0.05) is 20.8 Å². The van der Waals surface area contributed by atoms with Crippen molar-refractivity contribution in [3.05, 3.63) is 0 Å². The molecule has 2 atom stereocenters. The Morgan fingerprint density at radius 1 is 1.44 bits per heavy atom. The van der Waals surface area contributed by atoms with Crippen molar-refractivity contribution in [1.82, 2.24) is 10.6 Å². The van der Waals surface area contributed by atoms with E-state index in [-0.39, 0.29) is 23.8 Å². The first kappa shape index (κ1) is 15.0. The van der Waals surface area contributed by atoms with Crippen LogP contribution < -0.4 is 10.6 Å². The number of carboxylic acids is 1. The van der Waals surface area contributed by atoms with E-state index in [1.54, 1.807) is 0 Å². The van der Waals surface area contributed by atoms with Crippen LogP contribution in [0.1, 0.15) is 33.6 Å². The van der Waals surface area contributed by atoms with Crippen molar-refractivity contribution in [2.75, 3.05) is 19.6 Å². The molecule has 1 aliphatic heterocycles. The molecule has 18 heavy (non-hydrogen) atoms. The van der Waals surface area contributed by atoms with E-state index in [9.17, 15) is 9.59 Å². The topological polar surface area (TPSA) is 78.4 Å². The van der Waals surface area contributed by atoms with Gasteiger partial charge in [0.05, 0.1) is 11.3 Å². The molecule has 104 valence electrons. The molecule has 1 rings (SSSR count). The highest BCUT2D eigenvalue weighted by atomic mass is 16.4. The van der Waals surface area contributed by atoms with Gasteiger partial charge < -0.3 is 15.7 Å². The lowest BCUT2D eigenvalue weighted by Crippen LogP contribution is -2.47. The number of rotatable bonds is 6. The van der Waals surface area contributed by atoms with E-state index >= 15 is 0 Å². The number of nitrogens with one attached hydrogen (secondary N) is 2. The van der Waals surface area contributed by atoms with E-state index in [1.165, 1.54) is 0 Å². The lowest BCUT2D eigenvalue weighted by Gasteiger charge is -2.31. The normalized spacial score (nSPS) is 25.1. The van der Waals surface area contributed by atoms with E-state index in [2.05, 4.69) is 10.6 Å². The number of carbonyl (C=O) groups is 2. The van der Waals surface area contributed by atoms with Crippen molar-refractivity contribution < 1.29 is 14.7 Å². The van der Waals surface area contributed by atoms with Crippen molar-refractivity contribution in [2.45, 2.75) is 33.6 Å². The van der Waals surface area contributed by atoms with Crippen LogP contribution in [0.2, 0.25) is 0 Å². The highest BCUT2D eigenvalue weighted by Gasteiger charge is 2.43. The highest BCUT2D eigenvalue weighted by molar-refractivity contribution is 5.84. The molecule has 3 N–H and O–H groups in total. The molecule has 5 heteroatoms. The van der Waals surface area contributed by atoms with Crippen molar-refractivity contribution in [1.29, 1.82) is 0 Å². The lowest BCUT2D eigenvalue weighted by atomic mass is 9.75. The van der Waals surface area contributed by atoms with Gasteiger partial charge in [0.15, 0.2) is 0 Å². The molecule has 1 saturated heterocycles. The van der Waals surface area contributed by atoms with Crippen LogP contribution in [0, 0.1) is 17.3 Å². The molecule has 0 spiro atoms. The highest BCUT2D eigenvalue weighted by Crippen LogP contribution is 2.34. The Hall–Kier alpha value is -1.10. The second-order valence-corrected chi connectivity index (χ2v) is 5.39. The van der Waals surface area contributed by atoms with Crippen molar-refractivity contribution in [2.24, 2.45) is 17.3 Å². The standard InChI is InChI=1S/C13H24N2O3/c1-4-10(11(16)17)7-15-12(18)13(9(2)3)5-6-14-8-13/h9-10,14H,4-8H2,1-3H3,(H,15,18)(H,16,17). The van der Waals surface area contributed by atoms with Gasteiger partial charge in [-0.2, -0.15) is 0 Å². The zero-order valence-electron chi connectivity index (χ0n) is 11.5. The summed E-state index contributed by atoms with van der Waals surface area (Å²) < 4.78 is 0. The van der Waals surface area contributed by atoms with Crippen molar-refractivity contribution >= 4 is 11.9 Å². The molecular formula is C13H24N2O3. The van der Waals surface area contributed by atoms with Gasteiger partial charge in [-0.3, -0.25) is 9.59 Å². The van der Waals surface area contributed by atoms with Crippen molar-refractivity contribution in [3.63, 3.8) is 0 Å². The summed E-state index contributed by atoms with van der Waals surface area (Å²) in [5, 5.41) is 15.0. The minimum absolute atomic E-state index is 0.0119. The third-order valence-corrected chi connectivity index (χ3v) is 4.10. The summed E-state index contributed by atoms with van der Waals surface area (Å²) in [6.45, 7) is 7.66. The molecule has 2 unspecified atom stereocenters. The fourth-order valence-corrected chi connectivity index (χ4v) is 2.46. The monoisotopic (exact) mass is 256 g/mol. The molecule has 1 fully saturated rings. The Morgan fingerprint density at radius 2 is 2.11 bits per heavy atom. The summed E-state index contributed by atoms with van der Waals surface area (Å²) in [5.74, 6) is -1.10. The minimum atomic E-state index is -0.846. The lowest BCUT2D eigenvalue weighted by molar-refractivity contribution is -0.142. The van der Waals surface area contributed by atoms with Gasteiger partial charge in [0, 0.05) is 13.1 Å². The fourth-order valence-electron chi connectivity index (χ4n) is 2.46. The maximum atomic E-state index is 12.3. The van der Waals surface area contributed by atoms with Gasteiger partial charge in [0.25, 0.3) is 0 Å². The van der Waals surface area contributed by atoms with Gasteiger partial charge >= 0.3 is 5.97 Å². The third-order valence-electron chi connectivity index (χ3n) is 4.10. The molecule has 0 saturated carbocycles. The number of carbonyl (C=O) groups excluding carboxylic acids is 1. The summed E-state index contributed by atoms with van der Waals surface area (Å²) >= 11 is 0. The van der Waals surface area contributed by atoms with E-state index in [4.69, 9.17) is 5.11 Å². The molecule has 1 aliphatic rings. The van der Waals surface area contributed by atoms with Crippen LogP contribution >= 0.6 is 0 Å². The SMILES string of the molecule is CCC(CNC(=O)C1(C(C)C)CCNC1)C(=O)O. The molecule has 1 amide bonds. The summed E-state index contributed by atoms with van der Waals surface area (Å²) in [4.78, 5) is 23.2.